The molecule has 0 aromatic heterocycles. The molecule has 1 amide bonds. The lowest BCUT2D eigenvalue weighted by atomic mass is 10.0. The molecule has 0 spiro atoms. The molecule has 0 aromatic rings. The lowest BCUT2D eigenvalue weighted by Gasteiger charge is -2.03. The van der Waals surface area contributed by atoms with Crippen molar-refractivity contribution in [3.8, 4) is 0 Å². The van der Waals surface area contributed by atoms with Gasteiger partial charge in [0.15, 0.2) is 0 Å². The summed E-state index contributed by atoms with van der Waals surface area (Å²) in [6.45, 7) is 4.28. The average molecular weight is 328 g/mol. The second-order valence-electron chi connectivity index (χ2n) is 6.78. The Bertz CT molecular complexity index is 239. The summed E-state index contributed by atoms with van der Waals surface area (Å²) in [5, 5.41) is 0. The van der Waals surface area contributed by atoms with Crippen LogP contribution in [-0.4, -0.2) is 19.1 Å². The van der Waals surface area contributed by atoms with Gasteiger partial charge in [0.05, 0.1) is 13.2 Å². The third kappa shape index (κ3) is 26.6. The number of epoxide rings is 1. The fraction of sp³-hybridized carbons (Fsp3) is 0.950. The maximum Gasteiger partial charge on any atom is 0.217 e. The molecule has 1 rings (SSSR count). The Balaban J connectivity index is 0.00000143. The van der Waals surface area contributed by atoms with Crippen molar-refractivity contribution in [1.29, 1.82) is 0 Å². The van der Waals surface area contributed by atoms with Gasteiger partial charge in [0.1, 0.15) is 0 Å². The van der Waals surface area contributed by atoms with Crippen LogP contribution in [-0.2, 0) is 9.53 Å². The van der Waals surface area contributed by atoms with E-state index in [9.17, 15) is 4.79 Å². The smallest absolute Gasteiger partial charge is 0.217 e. The number of hydrogen-bond acceptors (Lipinski definition) is 2. The van der Waals surface area contributed by atoms with Crippen LogP contribution < -0.4 is 5.73 Å². The Morgan fingerprint density at radius 2 is 1.00 bits per heavy atom. The van der Waals surface area contributed by atoms with Crippen molar-refractivity contribution in [2.45, 2.75) is 110 Å². The minimum absolute atomic E-state index is 0.153. The third-order valence-electron chi connectivity index (χ3n) is 4.23. The summed E-state index contributed by atoms with van der Waals surface area (Å²) >= 11 is 0. The summed E-state index contributed by atoms with van der Waals surface area (Å²) in [5.74, 6) is -0.153. The second kappa shape index (κ2) is 19.5. The standard InChI is InChI=1S/C18H37NO.C2H4O/c1-2-3-4-5-6-7-8-9-10-11-12-13-14-15-16-17-18(19)20;1-2-3-1/h2-17H2,1H3,(H2,19,20);1-2H2. The molecule has 0 bridgehead atoms. The van der Waals surface area contributed by atoms with Gasteiger partial charge in [-0.05, 0) is 6.42 Å². The zero-order chi connectivity index (χ0) is 17.0. The molecule has 0 aliphatic carbocycles. The number of ether oxygens (including phenoxy) is 1. The molecule has 1 aliphatic rings. The van der Waals surface area contributed by atoms with E-state index in [1.807, 2.05) is 0 Å². The average Bonchev–Trinajstić information content (AvgIpc) is 3.39. The molecule has 0 saturated carbocycles. The molecule has 0 unspecified atom stereocenters. The molecule has 3 nitrogen and oxygen atoms in total. The Hall–Kier alpha value is -0.570. The molecule has 0 atom stereocenters. The highest BCUT2D eigenvalue weighted by Crippen LogP contribution is 2.13. The molecule has 1 fully saturated rings. The normalized spacial score (nSPS) is 12.6. The van der Waals surface area contributed by atoms with Gasteiger partial charge in [0.25, 0.3) is 0 Å². The van der Waals surface area contributed by atoms with Crippen LogP contribution in [0.15, 0.2) is 0 Å². The summed E-state index contributed by atoms with van der Waals surface area (Å²) in [6, 6.07) is 0. The zero-order valence-electron chi connectivity index (χ0n) is 15.6. The predicted octanol–water partition coefficient (Wildman–Crippen LogP) is 5.75. The lowest BCUT2D eigenvalue weighted by Crippen LogP contribution is -2.09. The Kier molecular flexibility index (Phi) is 19.0. The first-order valence-electron chi connectivity index (χ1n) is 10.1. The quantitative estimate of drug-likeness (QED) is 0.290. The Morgan fingerprint density at radius 1 is 0.696 bits per heavy atom. The van der Waals surface area contributed by atoms with Gasteiger partial charge in [-0.2, -0.15) is 0 Å². The van der Waals surface area contributed by atoms with Crippen molar-refractivity contribution < 1.29 is 9.53 Å². The van der Waals surface area contributed by atoms with E-state index in [1.54, 1.807) is 0 Å². The summed E-state index contributed by atoms with van der Waals surface area (Å²) in [6.07, 6.45) is 20.9. The highest BCUT2D eigenvalue weighted by Gasteiger charge is 1.96. The predicted molar refractivity (Wildman–Crippen MR) is 99.6 cm³/mol. The van der Waals surface area contributed by atoms with Gasteiger partial charge in [0.2, 0.25) is 5.91 Å². The number of carbonyl (C=O) groups is 1. The highest BCUT2D eigenvalue weighted by molar-refractivity contribution is 5.73. The largest absolute Gasteiger partial charge is 0.377 e. The zero-order valence-corrected chi connectivity index (χ0v) is 15.6. The number of nitrogens with two attached hydrogens (primary N) is 1. The van der Waals surface area contributed by atoms with Gasteiger partial charge in [-0.25, -0.2) is 0 Å². The van der Waals surface area contributed by atoms with Crippen LogP contribution >= 0.6 is 0 Å². The van der Waals surface area contributed by atoms with E-state index in [0.29, 0.717) is 6.42 Å². The molecule has 0 aromatic carbocycles. The minimum atomic E-state index is -0.153. The van der Waals surface area contributed by atoms with Crippen LogP contribution in [0.2, 0.25) is 0 Å². The van der Waals surface area contributed by atoms with Crippen molar-refractivity contribution in [3.05, 3.63) is 0 Å². The van der Waals surface area contributed by atoms with E-state index < -0.39 is 0 Å². The first-order chi connectivity index (χ1) is 11.3. The van der Waals surface area contributed by atoms with Gasteiger partial charge < -0.3 is 10.5 Å². The van der Waals surface area contributed by atoms with Crippen LogP contribution in [0.4, 0.5) is 0 Å². The van der Waals surface area contributed by atoms with E-state index in [0.717, 1.165) is 19.6 Å². The van der Waals surface area contributed by atoms with Crippen molar-refractivity contribution in [3.63, 3.8) is 0 Å². The first kappa shape index (κ1) is 22.4. The van der Waals surface area contributed by atoms with Crippen LogP contribution in [0.5, 0.6) is 0 Å². The van der Waals surface area contributed by atoms with Gasteiger partial charge in [-0.3, -0.25) is 4.79 Å². The molecule has 3 heteroatoms. The highest BCUT2D eigenvalue weighted by atomic mass is 16.6. The summed E-state index contributed by atoms with van der Waals surface area (Å²) < 4.78 is 4.50. The van der Waals surface area contributed by atoms with E-state index in [-0.39, 0.29) is 5.91 Å². The van der Waals surface area contributed by atoms with Crippen LogP contribution in [0.25, 0.3) is 0 Å². The summed E-state index contributed by atoms with van der Waals surface area (Å²) in [4.78, 5) is 10.6. The fourth-order valence-electron chi connectivity index (χ4n) is 2.67. The van der Waals surface area contributed by atoms with Crippen LogP contribution in [0, 0.1) is 0 Å². The maximum absolute atomic E-state index is 10.6. The van der Waals surface area contributed by atoms with Crippen LogP contribution in [0.3, 0.4) is 0 Å². The van der Waals surface area contributed by atoms with Gasteiger partial charge in [-0.1, -0.05) is 96.8 Å². The Morgan fingerprint density at radius 3 is 1.26 bits per heavy atom. The number of carbonyl (C=O) groups excluding carboxylic acids is 1. The van der Waals surface area contributed by atoms with Gasteiger partial charge in [0, 0.05) is 6.42 Å². The van der Waals surface area contributed by atoms with Crippen molar-refractivity contribution in [2.24, 2.45) is 5.73 Å². The monoisotopic (exact) mass is 327 g/mol. The van der Waals surface area contributed by atoms with Gasteiger partial charge >= 0.3 is 0 Å². The molecule has 1 heterocycles. The van der Waals surface area contributed by atoms with Crippen molar-refractivity contribution >= 4 is 5.91 Å². The summed E-state index contributed by atoms with van der Waals surface area (Å²) in [7, 11) is 0. The second-order valence-corrected chi connectivity index (χ2v) is 6.78. The molecule has 1 aliphatic heterocycles. The number of unbranched alkanes of at least 4 members (excludes halogenated alkanes) is 14. The van der Waals surface area contributed by atoms with Crippen molar-refractivity contribution in [1.82, 2.24) is 0 Å². The fourth-order valence-corrected chi connectivity index (χ4v) is 2.67. The number of amides is 1. The van der Waals surface area contributed by atoms with Gasteiger partial charge in [-0.15, -0.1) is 0 Å². The molecular weight excluding hydrogens is 286 g/mol. The molecule has 2 N–H and O–H groups in total. The molecule has 138 valence electrons. The topological polar surface area (TPSA) is 55.6 Å². The number of hydrogen-bond donors (Lipinski definition) is 1. The van der Waals surface area contributed by atoms with E-state index in [2.05, 4.69) is 11.7 Å². The molecule has 0 radical (unpaired) electrons. The summed E-state index contributed by atoms with van der Waals surface area (Å²) in [5.41, 5.74) is 5.11. The van der Waals surface area contributed by atoms with E-state index in [4.69, 9.17) is 5.73 Å². The molecular formula is C20H41NO2. The third-order valence-corrected chi connectivity index (χ3v) is 4.23. The molecule has 1 saturated heterocycles. The molecule has 23 heavy (non-hydrogen) atoms. The lowest BCUT2D eigenvalue weighted by molar-refractivity contribution is -0.118. The van der Waals surface area contributed by atoms with Crippen LogP contribution in [0.1, 0.15) is 110 Å². The number of primary amides is 1. The minimum Gasteiger partial charge on any atom is -0.377 e. The maximum atomic E-state index is 10.6. The van der Waals surface area contributed by atoms with E-state index >= 15 is 0 Å². The first-order valence-corrected chi connectivity index (χ1v) is 10.1. The number of rotatable bonds is 16. The van der Waals surface area contributed by atoms with Crippen molar-refractivity contribution in [2.75, 3.05) is 13.2 Å². The Labute approximate surface area is 144 Å². The SMILES string of the molecule is C1CO1.CCCCCCCCCCCCCCCCCC(N)=O. The van der Waals surface area contributed by atoms with E-state index in [1.165, 1.54) is 89.9 Å².